The van der Waals surface area contributed by atoms with Crippen LogP contribution in [0, 0.1) is 23.3 Å². The largest absolute Gasteiger partial charge is 0.502 e. The average molecular weight is 473 g/mol. The van der Waals surface area contributed by atoms with E-state index >= 15 is 0 Å². The van der Waals surface area contributed by atoms with Gasteiger partial charge in [-0.1, -0.05) is 6.07 Å². The second-order valence-electron chi connectivity index (χ2n) is 8.43. The van der Waals surface area contributed by atoms with Crippen molar-refractivity contribution in [2.24, 2.45) is 0 Å². The molecule has 5 rings (SSSR count). The minimum Gasteiger partial charge on any atom is -0.502 e. The van der Waals surface area contributed by atoms with Crippen LogP contribution in [-0.4, -0.2) is 33.8 Å². The van der Waals surface area contributed by atoms with Gasteiger partial charge >= 0.3 is 0 Å². The molecule has 2 aliphatic heterocycles. The zero-order valence-electron chi connectivity index (χ0n) is 17.9. The average Bonchev–Trinajstić information content (AvgIpc) is 2.79. The van der Waals surface area contributed by atoms with Gasteiger partial charge < -0.3 is 10.0 Å². The molecule has 0 unspecified atom stereocenters. The third-order valence-electron chi connectivity index (χ3n) is 6.49. The monoisotopic (exact) mass is 473 g/mol. The molecule has 0 fully saturated rings. The van der Waals surface area contributed by atoms with Crippen LogP contribution in [0.25, 0.3) is 0 Å². The SMILES string of the molecule is CN1C(=O)c2c(O)c(=O)ccn2N2[C@@H](c3ccc(F)c(F)c3)c3cc(F)c(F)cc3CCC[C@H]12. The predicted octanol–water partition coefficient (Wildman–Crippen LogP) is 3.59. The molecule has 1 aromatic heterocycles. The standard InChI is InChI=1S/C24H19F4N3O3/c1-29-20-4-2-3-12-9-17(27)18(28)11-14(12)21(13-5-6-15(25)16(26)10-13)31(20)30-8-7-19(32)23(33)22(30)24(29)34/h5-11,20-21,33H,2-4H2,1H3/t20-,21+/m1/s1. The van der Waals surface area contributed by atoms with Gasteiger partial charge in [-0.2, -0.15) is 0 Å². The van der Waals surface area contributed by atoms with Gasteiger partial charge in [0.15, 0.2) is 34.7 Å². The van der Waals surface area contributed by atoms with Crippen LogP contribution in [0.1, 0.15) is 46.1 Å². The van der Waals surface area contributed by atoms with Crippen LogP contribution < -0.4 is 10.4 Å². The van der Waals surface area contributed by atoms with Gasteiger partial charge in [0.1, 0.15) is 6.17 Å². The van der Waals surface area contributed by atoms with E-state index in [9.17, 15) is 32.3 Å². The van der Waals surface area contributed by atoms with Crippen LogP contribution in [0.4, 0.5) is 17.6 Å². The minimum absolute atomic E-state index is 0.213. The number of amides is 1. The number of pyridine rings is 1. The van der Waals surface area contributed by atoms with E-state index in [-0.39, 0.29) is 11.3 Å². The first-order chi connectivity index (χ1) is 16.2. The molecule has 1 amide bonds. The smallest absolute Gasteiger partial charge is 0.277 e. The van der Waals surface area contributed by atoms with Gasteiger partial charge in [0.05, 0.1) is 6.04 Å². The number of carbonyl (C=O) groups excluding carboxylic acids is 1. The van der Waals surface area contributed by atoms with E-state index in [0.29, 0.717) is 30.4 Å². The van der Waals surface area contributed by atoms with Crippen molar-refractivity contribution in [1.82, 2.24) is 9.58 Å². The lowest BCUT2D eigenvalue weighted by Crippen LogP contribution is -2.61. The second kappa shape index (κ2) is 7.89. The number of aromatic nitrogens is 1. The summed E-state index contributed by atoms with van der Waals surface area (Å²) in [5.41, 5.74) is -0.107. The van der Waals surface area contributed by atoms with E-state index in [1.807, 2.05) is 0 Å². The number of carbonyl (C=O) groups is 1. The van der Waals surface area contributed by atoms with Crippen molar-refractivity contribution in [2.75, 3.05) is 12.1 Å². The topological polar surface area (TPSA) is 65.8 Å². The molecule has 3 aromatic rings. The molecule has 2 atom stereocenters. The van der Waals surface area contributed by atoms with E-state index in [1.54, 1.807) is 5.01 Å². The lowest BCUT2D eigenvalue weighted by Gasteiger charge is -2.50. The van der Waals surface area contributed by atoms with Crippen LogP contribution in [0.2, 0.25) is 0 Å². The van der Waals surface area contributed by atoms with Crippen molar-refractivity contribution < 1.29 is 27.5 Å². The second-order valence-corrected chi connectivity index (χ2v) is 8.43. The van der Waals surface area contributed by atoms with Gasteiger partial charge in [-0.15, -0.1) is 0 Å². The zero-order chi connectivity index (χ0) is 24.3. The molecule has 176 valence electrons. The predicted molar refractivity (Wildman–Crippen MR) is 114 cm³/mol. The van der Waals surface area contributed by atoms with Gasteiger partial charge in [-0.05, 0) is 60.2 Å². The minimum atomic E-state index is -1.13. The molecule has 3 heterocycles. The van der Waals surface area contributed by atoms with Crippen LogP contribution in [0.5, 0.6) is 5.75 Å². The Morgan fingerprint density at radius 3 is 2.38 bits per heavy atom. The summed E-state index contributed by atoms with van der Waals surface area (Å²) in [5.74, 6) is -5.74. The highest BCUT2D eigenvalue weighted by Gasteiger charge is 2.43. The first-order valence-electron chi connectivity index (χ1n) is 10.6. The fourth-order valence-electron chi connectivity index (χ4n) is 4.86. The molecule has 0 spiro atoms. The highest BCUT2D eigenvalue weighted by atomic mass is 19.2. The van der Waals surface area contributed by atoms with Gasteiger partial charge in [0.25, 0.3) is 5.91 Å². The van der Waals surface area contributed by atoms with Crippen molar-refractivity contribution >= 4 is 5.91 Å². The van der Waals surface area contributed by atoms with Crippen LogP contribution >= 0.6 is 0 Å². The van der Waals surface area contributed by atoms with Gasteiger partial charge in [0, 0.05) is 19.3 Å². The Kier molecular flexibility index (Phi) is 5.11. The van der Waals surface area contributed by atoms with E-state index in [4.69, 9.17) is 0 Å². The summed E-state index contributed by atoms with van der Waals surface area (Å²) >= 11 is 0. The molecule has 6 nitrogen and oxygen atoms in total. The number of nitrogens with zero attached hydrogens (tertiary/aromatic N) is 3. The molecule has 2 aliphatic rings. The summed E-state index contributed by atoms with van der Waals surface area (Å²) in [6.45, 7) is 0. The zero-order valence-corrected chi connectivity index (χ0v) is 17.9. The molecule has 0 saturated heterocycles. The maximum atomic E-state index is 14.5. The molecule has 34 heavy (non-hydrogen) atoms. The lowest BCUT2D eigenvalue weighted by molar-refractivity contribution is 0.0600. The van der Waals surface area contributed by atoms with Crippen molar-refractivity contribution in [2.45, 2.75) is 31.5 Å². The number of aryl methyl sites for hydroxylation is 1. The summed E-state index contributed by atoms with van der Waals surface area (Å²) in [7, 11) is 1.50. The van der Waals surface area contributed by atoms with E-state index in [0.717, 1.165) is 30.3 Å². The Morgan fingerprint density at radius 1 is 0.941 bits per heavy atom. The Morgan fingerprint density at radius 2 is 1.65 bits per heavy atom. The normalized spacial score (nSPS) is 19.7. The van der Waals surface area contributed by atoms with E-state index in [2.05, 4.69) is 0 Å². The van der Waals surface area contributed by atoms with E-state index < -0.39 is 52.6 Å². The number of benzene rings is 2. The number of halogens is 4. The molecule has 10 heteroatoms. The van der Waals surface area contributed by atoms with Crippen molar-refractivity contribution in [3.05, 3.63) is 98.5 Å². The number of hydrogen-bond donors (Lipinski definition) is 1. The molecular formula is C24H19F4N3O3. The molecule has 2 aromatic carbocycles. The highest BCUT2D eigenvalue weighted by molar-refractivity contribution is 5.96. The summed E-state index contributed by atoms with van der Waals surface area (Å²) in [5, 5.41) is 12.0. The van der Waals surface area contributed by atoms with Gasteiger partial charge in [-0.3, -0.25) is 19.3 Å². The molecule has 0 radical (unpaired) electrons. The Labute approximate surface area is 191 Å². The number of rotatable bonds is 1. The summed E-state index contributed by atoms with van der Waals surface area (Å²) < 4.78 is 58.0. The third-order valence-corrected chi connectivity index (χ3v) is 6.49. The number of hydrogen-bond acceptors (Lipinski definition) is 4. The number of aromatic hydroxyl groups is 1. The summed E-state index contributed by atoms with van der Waals surface area (Å²) in [6, 6.07) is 5.37. The Hall–Kier alpha value is -3.82. The Balaban J connectivity index is 1.86. The molecule has 0 bridgehead atoms. The number of fused-ring (bicyclic) bond motifs is 4. The van der Waals surface area contributed by atoms with Crippen molar-refractivity contribution in [1.29, 1.82) is 0 Å². The van der Waals surface area contributed by atoms with Gasteiger partial charge in [-0.25, -0.2) is 17.6 Å². The fraction of sp³-hybridized carbons (Fsp3) is 0.250. The molecule has 1 N–H and O–H groups in total. The first kappa shape index (κ1) is 22.0. The van der Waals surface area contributed by atoms with Crippen LogP contribution in [0.15, 0.2) is 47.4 Å². The van der Waals surface area contributed by atoms with Gasteiger partial charge in [0.2, 0.25) is 5.43 Å². The summed E-state index contributed by atoms with van der Waals surface area (Å²) in [4.78, 5) is 26.5. The Bertz CT molecular complexity index is 1390. The van der Waals surface area contributed by atoms with Crippen molar-refractivity contribution in [3.63, 3.8) is 0 Å². The van der Waals surface area contributed by atoms with Crippen LogP contribution in [-0.2, 0) is 6.42 Å². The maximum absolute atomic E-state index is 14.5. The highest BCUT2D eigenvalue weighted by Crippen LogP contribution is 2.40. The molecule has 0 aliphatic carbocycles. The lowest BCUT2D eigenvalue weighted by atomic mass is 9.88. The molecular weight excluding hydrogens is 454 g/mol. The fourth-order valence-corrected chi connectivity index (χ4v) is 4.86. The molecule has 0 saturated carbocycles. The summed E-state index contributed by atoms with van der Waals surface area (Å²) in [6.07, 6.45) is 1.90. The third kappa shape index (κ3) is 3.24. The van der Waals surface area contributed by atoms with Crippen LogP contribution in [0.3, 0.4) is 0 Å². The first-order valence-corrected chi connectivity index (χ1v) is 10.6. The van der Waals surface area contributed by atoms with Crippen molar-refractivity contribution in [3.8, 4) is 5.75 Å². The van der Waals surface area contributed by atoms with E-state index in [1.165, 1.54) is 28.9 Å². The quantitative estimate of drug-likeness (QED) is 0.549. The maximum Gasteiger partial charge on any atom is 0.277 e.